The number of nitrogens with one attached hydrogen (secondary N) is 1. The van der Waals surface area contributed by atoms with Crippen molar-refractivity contribution in [3.8, 4) is 0 Å². The average Bonchev–Trinajstić information content (AvgIpc) is 3.24. The smallest absolute Gasteiger partial charge is 0.248 e. The minimum Gasteiger partial charge on any atom is -0.391 e. The molecule has 0 spiro atoms. The van der Waals surface area contributed by atoms with Crippen LogP contribution in [0.25, 0.3) is 0 Å². The van der Waals surface area contributed by atoms with E-state index in [9.17, 15) is 14.7 Å². The molecule has 0 aromatic carbocycles. The summed E-state index contributed by atoms with van der Waals surface area (Å²) in [5.74, 6) is -0.341. The van der Waals surface area contributed by atoms with Crippen LogP contribution in [0.15, 0.2) is 12.1 Å². The minimum absolute atomic E-state index is 0.0102. The van der Waals surface area contributed by atoms with Gasteiger partial charge in [0.25, 0.3) is 0 Å². The Morgan fingerprint density at radius 2 is 2.00 bits per heavy atom. The van der Waals surface area contributed by atoms with Gasteiger partial charge in [0, 0.05) is 21.7 Å². The zero-order chi connectivity index (χ0) is 17.1. The molecule has 1 aliphatic carbocycles. The van der Waals surface area contributed by atoms with Gasteiger partial charge in [0.15, 0.2) is 0 Å². The van der Waals surface area contributed by atoms with Crippen LogP contribution in [0, 0.1) is 12.8 Å². The van der Waals surface area contributed by atoms with Crippen molar-refractivity contribution in [3.05, 3.63) is 21.9 Å². The van der Waals surface area contributed by atoms with Crippen LogP contribution >= 0.6 is 11.3 Å². The molecule has 2 atom stereocenters. The van der Waals surface area contributed by atoms with Gasteiger partial charge in [0.2, 0.25) is 11.8 Å². The fourth-order valence-corrected chi connectivity index (χ4v) is 3.33. The first kappa shape index (κ1) is 17.9. The van der Waals surface area contributed by atoms with E-state index in [1.807, 2.05) is 32.9 Å². The van der Waals surface area contributed by atoms with Gasteiger partial charge in [0.1, 0.15) is 6.04 Å². The summed E-state index contributed by atoms with van der Waals surface area (Å²) >= 11 is 1.66. The van der Waals surface area contributed by atoms with E-state index in [2.05, 4.69) is 5.32 Å². The monoisotopic (exact) mass is 338 g/mol. The number of nitrogens with zero attached hydrogens (tertiary/aromatic N) is 1. The lowest BCUT2D eigenvalue weighted by atomic mass is 10.1. The van der Waals surface area contributed by atoms with E-state index in [0.717, 1.165) is 17.7 Å². The SMILES string of the molecule is Cc1ccc(CN(C(=O)C(NC(=O)C2CC2)C(C)O)C(C)C)s1. The van der Waals surface area contributed by atoms with E-state index in [1.54, 1.807) is 23.2 Å². The van der Waals surface area contributed by atoms with Gasteiger partial charge in [-0.2, -0.15) is 0 Å². The fourth-order valence-electron chi connectivity index (χ4n) is 2.44. The molecule has 1 aliphatic rings. The summed E-state index contributed by atoms with van der Waals surface area (Å²) in [5, 5.41) is 12.7. The molecular formula is C17H26N2O3S. The second kappa shape index (κ2) is 7.45. The van der Waals surface area contributed by atoms with Gasteiger partial charge >= 0.3 is 0 Å². The molecule has 0 aliphatic heterocycles. The molecule has 1 aromatic rings. The molecular weight excluding hydrogens is 312 g/mol. The van der Waals surface area contributed by atoms with Crippen LogP contribution in [0.3, 0.4) is 0 Å². The van der Waals surface area contributed by atoms with Gasteiger partial charge in [-0.15, -0.1) is 11.3 Å². The predicted molar refractivity (Wildman–Crippen MR) is 91.1 cm³/mol. The number of hydrogen-bond acceptors (Lipinski definition) is 4. The Morgan fingerprint density at radius 1 is 1.35 bits per heavy atom. The van der Waals surface area contributed by atoms with Gasteiger partial charge in [0.05, 0.1) is 12.6 Å². The lowest BCUT2D eigenvalue weighted by Gasteiger charge is -2.32. The highest BCUT2D eigenvalue weighted by Gasteiger charge is 2.36. The topological polar surface area (TPSA) is 69.6 Å². The molecule has 2 amide bonds. The van der Waals surface area contributed by atoms with Gasteiger partial charge in [-0.3, -0.25) is 9.59 Å². The molecule has 6 heteroatoms. The first-order valence-corrected chi connectivity index (χ1v) is 8.95. The average molecular weight is 338 g/mol. The maximum Gasteiger partial charge on any atom is 0.248 e. The van der Waals surface area contributed by atoms with Crippen molar-refractivity contribution >= 4 is 23.2 Å². The van der Waals surface area contributed by atoms with E-state index in [0.29, 0.717) is 6.54 Å². The molecule has 2 unspecified atom stereocenters. The normalized spacial score (nSPS) is 17.0. The number of amides is 2. The predicted octanol–water partition coefficient (Wildman–Crippen LogP) is 2.07. The third-order valence-corrected chi connectivity index (χ3v) is 5.01. The minimum atomic E-state index is -0.920. The van der Waals surface area contributed by atoms with Crippen LogP contribution in [-0.2, 0) is 16.1 Å². The van der Waals surface area contributed by atoms with Gasteiger partial charge in [-0.25, -0.2) is 0 Å². The molecule has 0 saturated heterocycles. The van der Waals surface area contributed by atoms with E-state index in [1.165, 1.54) is 4.88 Å². The molecule has 1 saturated carbocycles. The first-order chi connectivity index (χ1) is 10.8. The molecule has 1 fully saturated rings. The molecule has 23 heavy (non-hydrogen) atoms. The molecule has 1 heterocycles. The maximum atomic E-state index is 12.9. The number of thiophene rings is 1. The summed E-state index contributed by atoms with van der Waals surface area (Å²) < 4.78 is 0. The van der Waals surface area contributed by atoms with Crippen molar-refractivity contribution in [3.63, 3.8) is 0 Å². The van der Waals surface area contributed by atoms with Crippen LogP contribution in [0.4, 0.5) is 0 Å². The molecule has 1 aromatic heterocycles. The standard InChI is InChI=1S/C17H26N2O3S/c1-10(2)19(9-14-8-5-11(3)23-14)17(22)15(12(4)20)18-16(21)13-6-7-13/h5,8,10,12-13,15,20H,6-7,9H2,1-4H3,(H,18,21). The van der Waals surface area contributed by atoms with Crippen LogP contribution in [0.1, 0.15) is 43.4 Å². The molecule has 0 bridgehead atoms. The van der Waals surface area contributed by atoms with Crippen molar-refractivity contribution in [2.24, 2.45) is 5.92 Å². The van der Waals surface area contributed by atoms with Crippen LogP contribution in [-0.4, -0.2) is 40.0 Å². The summed E-state index contributed by atoms with van der Waals surface area (Å²) in [6.45, 7) is 7.96. The van der Waals surface area contributed by atoms with Crippen molar-refractivity contribution in [2.45, 2.75) is 65.3 Å². The van der Waals surface area contributed by atoms with E-state index >= 15 is 0 Å². The number of carbonyl (C=O) groups is 2. The first-order valence-electron chi connectivity index (χ1n) is 8.13. The fraction of sp³-hybridized carbons (Fsp3) is 0.647. The summed E-state index contributed by atoms with van der Waals surface area (Å²) in [6, 6.07) is 3.16. The van der Waals surface area contributed by atoms with Crippen LogP contribution < -0.4 is 5.32 Å². The second-order valence-corrected chi connectivity index (χ2v) is 7.95. The molecule has 0 radical (unpaired) electrons. The van der Waals surface area contributed by atoms with Crippen LogP contribution in [0.2, 0.25) is 0 Å². The maximum absolute atomic E-state index is 12.9. The Hall–Kier alpha value is -1.40. The summed E-state index contributed by atoms with van der Waals surface area (Å²) in [4.78, 5) is 28.9. The van der Waals surface area contributed by atoms with Gasteiger partial charge in [-0.1, -0.05) is 0 Å². The van der Waals surface area contributed by atoms with Gasteiger partial charge < -0.3 is 15.3 Å². The Labute approximate surface area is 141 Å². The Balaban J connectivity index is 2.10. The molecule has 5 nitrogen and oxygen atoms in total. The van der Waals surface area contributed by atoms with E-state index in [4.69, 9.17) is 0 Å². The Morgan fingerprint density at radius 3 is 2.43 bits per heavy atom. The lowest BCUT2D eigenvalue weighted by molar-refractivity contribution is -0.141. The third kappa shape index (κ3) is 4.78. The molecule has 128 valence electrons. The number of hydrogen-bond donors (Lipinski definition) is 2. The summed E-state index contributed by atoms with van der Waals surface area (Å²) in [7, 11) is 0. The van der Waals surface area contributed by atoms with Crippen molar-refractivity contribution in [1.29, 1.82) is 0 Å². The van der Waals surface area contributed by atoms with Crippen molar-refractivity contribution in [2.75, 3.05) is 0 Å². The quantitative estimate of drug-likeness (QED) is 0.800. The third-order valence-electron chi connectivity index (χ3n) is 4.02. The summed E-state index contributed by atoms with van der Waals surface area (Å²) in [5.41, 5.74) is 0. The van der Waals surface area contributed by atoms with Gasteiger partial charge in [-0.05, 0) is 52.7 Å². The Kier molecular flexibility index (Phi) is 5.81. The van der Waals surface area contributed by atoms with Crippen LogP contribution in [0.5, 0.6) is 0 Å². The highest BCUT2D eigenvalue weighted by molar-refractivity contribution is 7.11. The highest BCUT2D eigenvalue weighted by atomic mass is 32.1. The molecule has 2 rings (SSSR count). The number of carbonyl (C=O) groups excluding carboxylic acids is 2. The number of aliphatic hydroxyl groups excluding tert-OH is 1. The zero-order valence-corrected chi connectivity index (χ0v) is 15.0. The molecule has 2 N–H and O–H groups in total. The highest BCUT2D eigenvalue weighted by Crippen LogP contribution is 2.29. The second-order valence-electron chi connectivity index (χ2n) is 6.57. The van der Waals surface area contributed by atoms with E-state index in [-0.39, 0.29) is 23.8 Å². The van der Waals surface area contributed by atoms with E-state index < -0.39 is 12.1 Å². The lowest BCUT2D eigenvalue weighted by Crippen LogP contribution is -2.55. The zero-order valence-electron chi connectivity index (χ0n) is 14.2. The number of rotatable bonds is 7. The summed E-state index contributed by atoms with van der Waals surface area (Å²) in [6.07, 6.45) is 0.820. The largest absolute Gasteiger partial charge is 0.391 e. The number of aliphatic hydroxyl groups is 1. The number of aryl methyl sites for hydroxylation is 1. The Bertz CT molecular complexity index is 564. The van der Waals surface area contributed by atoms with Crippen molar-refractivity contribution in [1.82, 2.24) is 10.2 Å². The van der Waals surface area contributed by atoms with Crippen molar-refractivity contribution < 1.29 is 14.7 Å².